The smallest absolute Gasteiger partial charge is 0.0572 e. The second-order valence-corrected chi connectivity index (χ2v) is 12.4. The van der Waals surface area contributed by atoms with E-state index in [9.17, 15) is 0 Å². The van der Waals surface area contributed by atoms with Crippen molar-refractivity contribution in [2.75, 3.05) is 0 Å². The summed E-state index contributed by atoms with van der Waals surface area (Å²) in [7, 11) is 0. The van der Waals surface area contributed by atoms with E-state index in [1.165, 1.54) is 61.2 Å². The summed E-state index contributed by atoms with van der Waals surface area (Å²) in [4.78, 5) is 0. The van der Waals surface area contributed by atoms with E-state index in [-0.39, 0.29) is 5.92 Å². The van der Waals surface area contributed by atoms with Gasteiger partial charge in [0.1, 0.15) is 0 Å². The summed E-state index contributed by atoms with van der Waals surface area (Å²) < 4.78 is 0. The first-order chi connectivity index (χ1) is 23.9. The zero-order valence-corrected chi connectivity index (χ0v) is 26.8. The van der Waals surface area contributed by atoms with Crippen LogP contribution in [0.1, 0.15) is 44.9 Å². The molecule has 0 nitrogen and oxygen atoms in total. The van der Waals surface area contributed by atoms with Crippen molar-refractivity contribution < 1.29 is 0 Å². The standard InChI is InChI=1S/C48H36/c1-8-22-36(23-9-1)43-44(37-24-10-2-11-25-37)46(39-28-14-4-15-29-39)48(41-32-18-6-19-33-41,42-34-20-7-21-35-42)47(40-30-16-5-17-31-40)45(43)38-26-12-3-13-27-38/h1-35,46H. The summed E-state index contributed by atoms with van der Waals surface area (Å²) >= 11 is 0. The summed E-state index contributed by atoms with van der Waals surface area (Å²) in [5.41, 5.74) is 13.2. The van der Waals surface area contributed by atoms with Gasteiger partial charge < -0.3 is 0 Å². The molecule has 1 unspecified atom stereocenters. The lowest BCUT2D eigenvalue weighted by molar-refractivity contribution is 0.599. The molecule has 0 radical (unpaired) electrons. The van der Waals surface area contributed by atoms with Crippen LogP contribution in [-0.4, -0.2) is 0 Å². The third-order valence-electron chi connectivity index (χ3n) is 9.75. The van der Waals surface area contributed by atoms with Gasteiger partial charge in [-0.25, -0.2) is 0 Å². The van der Waals surface area contributed by atoms with Crippen LogP contribution < -0.4 is 0 Å². The lowest BCUT2D eigenvalue weighted by Crippen LogP contribution is -2.40. The lowest BCUT2D eigenvalue weighted by atomic mass is 9.51. The summed E-state index contributed by atoms with van der Waals surface area (Å²) in [6.07, 6.45) is 0. The fourth-order valence-electron chi connectivity index (χ4n) is 7.92. The highest BCUT2D eigenvalue weighted by Crippen LogP contribution is 2.65. The molecule has 7 aromatic carbocycles. The van der Waals surface area contributed by atoms with Crippen LogP contribution in [0.25, 0.3) is 22.3 Å². The monoisotopic (exact) mass is 612 g/mol. The van der Waals surface area contributed by atoms with E-state index in [1.54, 1.807) is 0 Å². The van der Waals surface area contributed by atoms with Crippen LogP contribution >= 0.6 is 0 Å². The van der Waals surface area contributed by atoms with Gasteiger partial charge >= 0.3 is 0 Å². The van der Waals surface area contributed by atoms with Gasteiger partial charge in [-0.15, -0.1) is 0 Å². The average Bonchev–Trinajstić information content (AvgIpc) is 3.19. The van der Waals surface area contributed by atoms with Gasteiger partial charge in [-0.05, 0) is 61.2 Å². The maximum atomic E-state index is 2.34. The van der Waals surface area contributed by atoms with E-state index in [4.69, 9.17) is 0 Å². The molecule has 0 amide bonds. The first-order valence-electron chi connectivity index (χ1n) is 16.7. The molecule has 0 spiro atoms. The molecular formula is C48H36. The average molecular weight is 613 g/mol. The molecule has 1 aliphatic rings. The van der Waals surface area contributed by atoms with Gasteiger partial charge in [0.25, 0.3) is 0 Å². The Morgan fingerprint density at radius 3 is 1.06 bits per heavy atom. The predicted octanol–water partition coefficient (Wildman–Crippen LogP) is 12.0. The normalized spacial score (nSPS) is 15.7. The van der Waals surface area contributed by atoms with Crippen LogP contribution in [0.15, 0.2) is 212 Å². The maximum Gasteiger partial charge on any atom is 0.0572 e. The fraction of sp³-hybridized carbons (Fsp3) is 0.0417. The lowest BCUT2D eigenvalue weighted by Gasteiger charge is -2.50. The van der Waals surface area contributed by atoms with Gasteiger partial charge in [0, 0.05) is 5.92 Å². The van der Waals surface area contributed by atoms with Gasteiger partial charge in [0.05, 0.1) is 5.41 Å². The number of allylic oxidation sites excluding steroid dienone is 4. The Morgan fingerprint density at radius 1 is 0.292 bits per heavy atom. The number of hydrogen-bond donors (Lipinski definition) is 0. The molecule has 0 heteroatoms. The van der Waals surface area contributed by atoms with Gasteiger partial charge in [-0.2, -0.15) is 0 Å². The first kappa shape index (κ1) is 29.4. The van der Waals surface area contributed by atoms with Crippen LogP contribution in [0.2, 0.25) is 0 Å². The molecule has 0 heterocycles. The van der Waals surface area contributed by atoms with Crippen molar-refractivity contribution in [3.63, 3.8) is 0 Å². The summed E-state index contributed by atoms with van der Waals surface area (Å²) in [6.45, 7) is 0. The Balaban J connectivity index is 1.70. The minimum atomic E-state index is -0.611. The molecule has 0 aromatic heterocycles. The van der Waals surface area contributed by atoms with Gasteiger partial charge in [0.15, 0.2) is 0 Å². The van der Waals surface area contributed by atoms with E-state index in [2.05, 4.69) is 212 Å². The minimum Gasteiger partial charge on any atom is -0.0622 e. The van der Waals surface area contributed by atoms with E-state index < -0.39 is 5.41 Å². The summed E-state index contributed by atoms with van der Waals surface area (Å²) in [5, 5.41) is 0. The van der Waals surface area contributed by atoms with Crippen molar-refractivity contribution >= 4 is 22.3 Å². The number of benzene rings is 7. The predicted molar refractivity (Wildman–Crippen MR) is 202 cm³/mol. The molecule has 0 fully saturated rings. The minimum absolute atomic E-state index is 0.0798. The topological polar surface area (TPSA) is 0 Å². The fourth-order valence-corrected chi connectivity index (χ4v) is 7.92. The maximum absolute atomic E-state index is 2.34. The van der Waals surface area contributed by atoms with Crippen molar-refractivity contribution in [2.45, 2.75) is 11.3 Å². The van der Waals surface area contributed by atoms with Crippen LogP contribution in [-0.2, 0) is 5.41 Å². The van der Waals surface area contributed by atoms with E-state index in [0.717, 1.165) is 0 Å². The highest BCUT2D eigenvalue weighted by atomic mass is 14.5. The molecule has 7 aromatic rings. The second-order valence-electron chi connectivity index (χ2n) is 12.4. The van der Waals surface area contributed by atoms with Crippen LogP contribution in [0.3, 0.4) is 0 Å². The molecule has 0 bridgehead atoms. The number of rotatable bonds is 7. The Kier molecular flexibility index (Phi) is 7.98. The van der Waals surface area contributed by atoms with E-state index in [0.29, 0.717) is 0 Å². The van der Waals surface area contributed by atoms with E-state index in [1.807, 2.05) is 0 Å². The SMILES string of the molecule is c1ccc(C2=C(c3ccccc3)C(c3ccccc3)C(c3ccccc3)(c3ccccc3)C(c3ccccc3)=C2c2ccccc2)cc1. The Hall–Kier alpha value is -5.98. The zero-order valence-electron chi connectivity index (χ0n) is 26.8. The molecule has 228 valence electrons. The molecule has 1 aliphatic carbocycles. The highest BCUT2D eigenvalue weighted by molar-refractivity contribution is 6.27. The van der Waals surface area contributed by atoms with E-state index >= 15 is 0 Å². The summed E-state index contributed by atoms with van der Waals surface area (Å²) in [6, 6.07) is 77.8. The van der Waals surface area contributed by atoms with Crippen molar-refractivity contribution in [3.05, 3.63) is 251 Å². The summed E-state index contributed by atoms with van der Waals surface area (Å²) in [5.74, 6) is -0.0798. The Labute approximate surface area is 284 Å². The van der Waals surface area contributed by atoms with Gasteiger partial charge in [-0.3, -0.25) is 0 Å². The second kappa shape index (κ2) is 13.0. The molecule has 0 aliphatic heterocycles. The molecule has 8 rings (SSSR count). The third kappa shape index (κ3) is 5.03. The first-order valence-corrected chi connectivity index (χ1v) is 16.7. The molecule has 0 saturated carbocycles. The Morgan fingerprint density at radius 2 is 0.625 bits per heavy atom. The van der Waals surface area contributed by atoms with Crippen LogP contribution in [0.5, 0.6) is 0 Å². The number of hydrogen-bond acceptors (Lipinski definition) is 0. The Bertz CT molecular complexity index is 2120. The van der Waals surface area contributed by atoms with Gasteiger partial charge in [-0.1, -0.05) is 212 Å². The molecular weight excluding hydrogens is 577 g/mol. The molecule has 0 saturated heterocycles. The zero-order chi connectivity index (χ0) is 32.2. The molecule has 1 atom stereocenters. The van der Waals surface area contributed by atoms with Gasteiger partial charge in [0.2, 0.25) is 0 Å². The van der Waals surface area contributed by atoms with Crippen molar-refractivity contribution in [1.82, 2.24) is 0 Å². The quantitative estimate of drug-likeness (QED) is 0.168. The van der Waals surface area contributed by atoms with Crippen molar-refractivity contribution in [1.29, 1.82) is 0 Å². The van der Waals surface area contributed by atoms with Crippen LogP contribution in [0.4, 0.5) is 0 Å². The molecule has 0 N–H and O–H groups in total. The highest BCUT2D eigenvalue weighted by Gasteiger charge is 2.53. The van der Waals surface area contributed by atoms with Crippen molar-refractivity contribution in [3.8, 4) is 0 Å². The largest absolute Gasteiger partial charge is 0.0622 e. The van der Waals surface area contributed by atoms with Crippen LogP contribution in [0, 0.1) is 0 Å². The third-order valence-corrected chi connectivity index (χ3v) is 9.75. The van der Waals surface area contributed by atoms with Crippen molar-refractivity contribution in [2.24, 2.45) is 0 Å². The molecule has 48 heavy (non-hydrogen) atoms.